The van der Waals surface area contributed by atoms with E-state index in [-0.39, 0.29) is 12.0 Å². The lowest BCUT2D eigenvalue weighted by Crippen LogP contribution is -2.15. The Labute approximate surface area is 101 Å². The van der Waals surface area contributed by atoms with Gasteiger partial charge in [0.1, 0.15) is 0 Å². The zero-order chi connectivity index (χ0) is 13.9. The summed E-state index contributed by atoms with van der Waals surface area (Å²) in [5.41, 5.74) is -0.763. The highest BCUT2D eigenvalue weighted by atomic mass is 19.4. The van der Waals surface area contributed by atoms with Gasteiger partial charge in [-0.25, -0.2) is 0 Å². The highest BCUT2D eigenvalue weighted by Gasteiger charge is 2.30. The quantitative estimate of drug-likeness (QED) is 0.846. The third-order valence-electron chi connectivity index (χ3n) is 2.45. The number of halogens is 3. The van der Waals surface area contributed by atoms with E-state index >= 15 is 0 Å². The summed E-state index contributed by atoms with van der Waals surface area (Å²) in [6.07, 6.45) is -4.68. The van der Waals surface area contributed by atoms with Crippen LogP contribution in [0, 0.1) is 5.92 Å². The smallest absolute Gasteiger partial charge is 0.416 e. The minimum Gasteiger partial charge on any atom is -0.481 e. The van der Waals surface area contributed by atoms with Gasteiger partial charge in [-0.05, 0) is 12.1 Å². The van der Waals surface area contributed by atoms with Crippen molar-refractivity contribution in [1.82, 2.24) is 0 Å². The van der Waals surface area contributed by atoms with E-state index in [9.17, 15) is 22.8 Å². The number of benzene rings is 1. The summed E-state index contributed by atoms with van der Waals surface area (Å²) in [6.45, 7) is 1.37. The van der Waals surface area contributed by atoms with Crippen molar-refractivity contribution in [3.05, 3.63) is 35.4 Å². The van der Waals surface area contributed by atoms with E-state index in [2.05, 4.69) is 0 Å². The molecule has 0 fully saturated rings. The minimum atomic E-state index is -4.45. The van der Waals surface area contributed by atoms with Gasteiger partial charge < -0.3 is 5.11 Å². The average Bonchev–Trinajstić information content (AvgIpc) is 2.27. The molecule has 0 heterocycles. The topological polar surface area (TPSA) is 54.4 Å². The molecular formula is C12H11F3O3. The number of alkyl halides is 3. The molecule has 1 unspecified atom stereocenters. The molecule has 0 aliphatic rings. The first kappa shape index (κ1) is 14.2. The third kappa shape index (κ3) is 3.58. The monoisotopic (exact) mass is 260 g/mol. The van der Waals surface area contributed by atoms with Crippen LogP contribution in [0.4, 0.5) is 13.2 Å². The number of hydrogen-bond acceptors (Lipinski definition) is 2. The molecule has 1 rings (SSSR count). The normalized spacial score (nSPS) is 13.1. The van der Waals surface area contributed by atoms with Gasteiger partial charge in [0.15, 0.2) is 5.78 Å². The van der Waals surface area contributed by atoms with Crippen molar-refractivity contribution in [3.8, 4) is 0 Å². The molecule has 1 N–H and O–H groups in total. The van der Waals surface area contributed by atoms with E-state index in [4.69, 9.17) is 5.11 Å². The molecule has 0 aliphatic carbocycles. The van der Waals surface area contributed by atoms with Gasteiger partial charge in [0.05, 0.1) is 11.5 Å². The summed E-state index contributed by atoms with van der Waals surface area (Å²) in [6, 6.07) is 3.72. The Hall–Kier alpha value is -1.85. The van der Waals surface area contributed by atoms with E-state index in [0.717, 1.165) is 24.3 Å². The highest BCUT2D eigenvalue weighted by Crippen LogP contribution is 2.29. The predicted molar refractivity (Wildman–Crippen MR) is 57.2 cm³/mol. The second-order valence-corrected chi connectivity index (χ2v) is 3.94. The van der Waals surface area contributed by atoms with Crippen molar-refractivity contribution in [3.63, 3.8) is 0 Å². The number of hydrogen-bond donors (Lipinski definition) is 1. The molecule has 0 spiro atoms. The Balaban J connectivity index is 2.80. The molecule has 0 bridgehead atoms. The summed E-state index contributed by atoms with van der Waals surface area (Å²) in [5.74, 6) is -2.46. The van der Waals surface area contributed by atoms with Gasteiger partial charge in [-0.15, -0.1) is 0 Å². The fourth-order valence-corrected chi connectivity index (χ4v) is 1.33. The lowest BCUT2D eigenvalue weighted by molar-refractivity contribution is -0.141. The van der Waals surface area contributed by atoms with Crippen molar-refractivity contribution in [2.75, 3.05) is 0 Å². The molecule has 3 nitrogen and oxygen atoms in total. The predicted octanol–water partition coefficient (Wildman–Crippen LogP) is 3.00. The Morgan fingerprint density at radius 3 is 2.11 bits per heavy atom. The number of aliphatic carboxylic acids is 1. The van der Waals surface area contributed by atoms with Crippen molar-refractivity contribution in [2.45, 2.75) is 19.5 Å². The number of Topliss-reactive ketones (excluding diaryl/α,β-unsaturated/α-hetero) is 1. The van der Waals surface area contributed by atoms with Gasteiger partial charge in [-0.1, -0.05) is 19.1 Å². The molecule has 0 saturated heterocycles. The third-order valence-corrected chi connectivity index (χ3v) is 2.45. The van der Waals surface area contributed by atoms with Crippen LogP contribution in [0.15, 0.2) is 24.3 Å². The van der Waals surface area contributed by atoms with Crippen LogP contribution in [0.2, 0.25) is 0 Å². The molecule has 1 aromatic rings. The highest BCUT2D eigenvalue weighted by molar-refractivity contribution is 5.97. The first-order chi connectivity index (χ1) is 8.21. The molecule has 6 heteroatoms. The Morgan fingerprint density at radius 2 is 1.72 bits per heavy atom. The zero-order valence-electron chi connectivity index (χ0n) is 9.49. The van der Waals surface area contributed by atoms with Crippen LogP contribution >= 0.6 is 0 Å². The fraction of sp³-hybridized carbons (Fsp3) is 0.333. The number of rotatable bonds is 4. The van der Waals surface area contributed by atoms with Crippen molar-refractivity contribution >= 4 is 11.8 Å². The summed E-state index contributed by atoms with van der Waals surface area (Å²) < 4.78 is 36.8. The number of carbonyl (C=O) groups excluding carboxylic acids is 1. The molecule has 0 aromatic heterocycles. The Bertz CT molecular complexity index is 449. The van der Waals surface area contributed by atoms with E-state index in [0.29, 0.717) is 0 Å². The fourth-order valence-electron chi connectivity index (χ4n) is 1.33. The van der Waals surface area contributed by atoms with Gasteiger partial charge in [-0.2, -0.15) is 13.2 Å². The SMILES string of the molecule is CC(CC(=O)c1ccc(C(F)(F)F)cc1)C(=O)O. The van der Waals surface area contributed by atoms with E-state index in [1.807, 2.05) is 0 Å². The van der Waals surface area contributed by atoms with Crippen molar-refractivity contribution in [1.29, 1.82) is 0 Å². The molecule has 1 atom stereocenters. The summed E-state index contributed by atoms with van der Waals surface area (Å²) in [5, 5.41) is 8.63. The van der Waals surface area contributed by atoms with Gasteiger partial charge in [0.2, 0.25) is 0 Å². The van der Waals surface area contributed by atoms with Crippen molar-refractivity contribution in [2.24, 2.45) is 5.92 Å². The summed E-state index contributed by atoms with van der Waals surface area (Å²) in [4.78, 5) is 22.1. The first-order valence-electron chi connectivity index (χ1n) is 5.15. The van der Waals surface area contributed by atoms with E-state index in [1.165, 1.54) is 6.92 Å². The Morgan fingerprint density at radius 1 is 1.22 bits per heavy atom. The van der Waals surface area contributed by atoms with Crippen LogP contribution in [-0.4, -0.2) is 16.9 Å². The number of carboxylic acids is 1. The van der Waals surface area contributed by atoms with Crippen LogP contribution < -0.4 is 0 Å². The average molecular weight is 260 g/mol. The van der Waals surface area contributed by atoms with Gasteiger partial charge in [0, 0.05) is 12.0 Å². The molecule has 1 aromatic carbocycles. The lowest BCUT2D eigenvalue weighted by atomic mass is 9.99. The maximum Gasteiger partial charge on any atom is 0.416 e. The summed E-state index contributed by atoms with van der Waals surface area (Å²) in [7, 11) is 0. The maximum atomic E-state index is 12.3. The van der Waals surface area contributed by atoms with E-state index < -0.39 is 29.4 Å². The second-order valence-electron chi connectivity index (χ2n) is 3.94. The van der Waals surface area contributed by atoms with Crippen LogP contribution in [0.5, 0.6) is 0 Å². The van der Waals surface area contributed by atoms with Crippen molar-refractivity contribution < 1.29 is 27.9 Å². The largest absolute Gasteiger partial charge is 0.481 e. The van der Waals surface area contributed by atoms with Crippen LogP contribution in [0.1, 0.15) is 29.3 Å². The number of carbonyl (C=O) groups is 2. The van der Waals surface area contributed by atoms with Gasteiger partial charge >= 0.3 is 12.1 Å². The molecule has 18 heavy (non-hydrogen) atoms. The molecule has 0 amide bonds. The summed E-state index contributed by atoms with van der Waals surface area (Å²) >= 11 is 0. The standard InChI is InChI=1S/C12H11F3O3/c1-7(11(17)18)6-10(16)8-2-4-9(5-3-8)12(13,14)15/h2-5,7H,6H2,1H3,(H,17,18). The van der Waals surface area contributed by atoms with E-state index in [1.54, 1.807) is 0 Å². The maximum absolute atomic E-state index is 12.3. The zero-order valence-corrected chi connectivity index (χ0v) is 9.49. The molecular weight excluding hydrogens is 249 g/mol. The van der Waals surface area contributed by atoms with Crippen LogP contribution in [0.3, 0.4) is 0 Å². The molecule has 0 aliphatic heterocycles. The second kappa shape index (κ2) is 5.20. The molecule has 0 saturated carbocycles. The molecule has 0 radical (unpaired) electrons. The minimum absolute atomic E-state index is 0.0797. The van der Waals surface area contributed by atoms with Crippen LogP contribution in [0.25, 0.3) is 0 Å². The number of ketones is 1. The van der Waals surface area contributed by atoms with Gasteiger partial charge in [-0.3, -0.25) is 9.59 Å². The lowest BCUT2D eigenvalue weighted by Gasteiger charge is -2.08. The first-order valence-corrected chi connectivity index (χ1v) is 5.15. The number of carboxylic acid groups (broad SMARTS) is 1. The van der Waals surface area contributed by atoms with Crippen LogP contribution in [-0.2, 0) is 11.0 Å². The van der Waals surface area contributed by atoms with Gasteiger partial charge in [0.25, 0.3) is 0 Å². The molecule has 98 valence electrons. The Kier molecular flexibility index (Phi) is 4.11.